The Labute approximate surface area is 129 Å². The van der Waals surface area contributed by atoms with Gasteiger partial charge >= 0.3 is 0 Å². The lowest BCUT2D eigenvalue weighted by atomic mass is 10.1. The van der Waals surface area contributed by atoms with Gasteiger partial charge in [-0.05, 0) is 72.9 Å². The second-order valence-electron chi connectivity index (χ2n) is 5.24. The number of nitrogens with zero attached hydrogens (tertiary/aromatic N) is 1. The quantitative estimate of drug-likeness (QED) is 0.845. The molecule has 19 heavy (non-hydrogen) atoms. The summed E-state index contributed by atoms with van der Waals surface area (Å²) < 4.78 is 1.05. The van der Waals surface area contributed by atoms with Crippen molar-refractivity contribution in [2.45, 2.75) is 38.6 Å². The molecule has 1 N–H and O–H groups in total. The minimum atomic E-state index is 0.569. The topological polar surface area (TPSA) is 15.3 Å². The molecule has 1 heterocycles. The van der Waals surface area contributed by atoms with E-state index in [1.54, 1.807) is 0 Å². The van der Waals surface area contributed by atoms with Gasteiger partial charge in [0.15, 0.2) is 0 Å². The van der Waals surface area contributed by atoms with Crippen molar-refractivity contribution in [2.75, 3.05) is 25.0 Å². The summed E-state index contributed by atoms with van der Waals surface area (Å²) in [6, 6.07) is 6.51. The van der Waals surface area contributed by atoms with Crippen LogP contribution in [0.25, 0.3) is 0 Å². The Bertz CT molecular complexity index is 411. The van der Waals surface area contributed by atoms with Crippen LogP contribution >= 0.6 is 27.5 Å². The fourth-order valence-electron chi connectivity index (χ4n) is 2.67. The standard InChI is InChI=1S/C15H22BrClN2/c1-2-8-19-9-3-4-13(7-10-19)18-15-6-5-12(17)11-14(15)16/h5-6,11,13,18H,2-4,7-10H2,1H3. The second kappa shape index (κ2) is 7.51. The lowest BCUT2D eigenvalue weighted by molar-refractivity contribution is 0.285. The molecule has 1 fully saturated rings. The summed E-state index contributed by atoms with van der Waals surface area (Å²) in [5.41, 5.74) is 1.15. The van der Waals surface area contributed by atoms with Crippen LogP contribution in [0.3, 0.4) is 0 Å². The molecule has 0 amide bonds. The maximum atomic E-state index is 5.98. The van der Waals surface area contributed by atoms with Gasteiger partial charge in [-0.25, -0.2) is 0 Å². The molecule has 106 valence electrons. The third kappa shape index (κ3) is 4.66. The van der Waals surface area contributed by atoms with Gasteiger partial charge in [0.2, 0.25) is 0 Å². The number of halogens is 2. The molecule has 1 aliphatic heterocycles. The van der Waals surface area contributed by atoms with Crippen LogP contribution in [0.2, 0.25) is 5.02 Å². The van der Waals surface area contributed by atoms with E-state index in [9.17, 15) is 0 Å². The molecule has 1 saturated heterocycles. The zero-order chi connectivity index (χ0) is 13.7. The first-order valence-electron chi connectivity index (χ1n) is 7.13. The highest BCUT2D eigenvalue weighted by molar-refractivity contribution is 9.10. The molecule has 1 aliphatic rings. The number of nitrogens with one attached hydrogen (secondary N) is 1. The van der Waals surface area contributed by atoms with E-state index < -0.39 is 0 Å². The van der Waals surface area contributed by atoms with Crippen molar-refractivity contribution in [2.24, 2.45) is 0 Å². The first-order chi connectivity index (χ1) is 9.19. The maximum absolute atomic E-state index is 5.98. The highest BCUT2D eigenvalue weighted by atomic mass is 79.9. The summed E-state index contributed by atoms with van der Waals surface area (Å²) in [6.07, 6.45) is 4.99. The number of anilines is 1. The SMILES string of the molecule is CCCN1CCCC(Nc2ccc(Cl)cc2Br)CC1. The zero-order valence-corrected chi connectivity index (χ0v) is 13.8. The van der Waals surface area contributed by atoms with Gasteiger partial charge in [0.05, 0.1) is 0 Å². The van der Waals surface area contributed by atoms with Gasteiger partial charge < -0.3 is 10.2 Å². The van der Waals surface area contributed by atoms with Crippen molar-refractivity contribution >= 4 is 33.2 Å². The van der Waals surface area contributed by atoms with Crippen molar-refractivity contribution in [3.8, 4) is 0 Å². The molecule has 2 nitrogen and oxygen atoms in total. The Morgan fingerprint density at radius 2 is 2.21 bits per heavy atom. The molecular weight excluding hydrogens is 324 g/mol. The van der Waals surface area contributed by atoms with Gasteiger partial charge in [-0.2, -0.15) is 0 Å². The van der Waals surface area contributed by atoms with Gasteiger partial charge in [-0.15, -0.1) is 0 Å². The minimum absolute atomic E-state index is 0.569. The summed E-state index contributed by atoms with van der Waals surface area (Å²) in [4.78, 5) is 2.58. The number of hydrogen-bond donors (Lipinski definition) is 1. The number of hydrogen-bond acceptors (Lipinski definition) is 2. The Morgan fingerprint density at radius 1 is 1.37 bits per heavy atom. The van der Waals surface area contributed by atoms with Crippen molar-refractivity contribution in [3.05, 3.63) is 27.7 Å². The zero-order valence-electron chi connectivity index (χ0n) is 11.5. The first kappa shape index (κ1) is 15.1. The van der Waals surface area contributed by atoms with E-state index in [0.29, 0.717) is 6.04 Å². The molecule has 4 heteroatoms. The third-order valence-electron chi connectivity index (χ3n) is 3.65. The van der Waals surface area contributed by atoms with E-state index in [1.165, 1.54) is 45.3 Å². The highest BCUT2D eigenvalue weighted by Gasteiger charge is 2.16. The Balaban J connectivity index is 1.92. The number of rotatable bonds is 4. The van der Waals surface area contributed by atoms with Crippen molar-refractivity contribution in [1.82, 2.24) is 4.90 Å². The van der Waals surface area contributed by atoms with Crippen LogP contribution in [0, 0.1) is 0 Å². The molecular formula is C15H22BrClN2. The summed E-state index contributed by atoms with van der Waals surface area (Å²) in [5, 5.41) is 4.42. The van der Waals surface area contributed by atoms with E-state index in [1.807, 2.05) is 12.1 Å². The fourth-order valence-corrected chi connectivity index (χ4v) is 3.46. The van der Waals surface area contributed by atoms with Crippen LogP contribution in [0.15, 0.2) is 22.7 Å². The van der Waals surface area contributed by atoms with Crippen molar-refractivity contribution in [1.29, 1.82) is 0 Å². The molecule has 0 bridgehead atoms. The molecule has 1 unspecified atom stereocenters. The summed E-state index contributed by atoms with van der Waals surface area (Å²) in [6.45, 7) is 5.94. The summed E-state index contributed by atoms with van der Waals surface area (Å²) in [7, 11) is 0. The van der Waals surface area contributed by atoms with Crippen LogP contribution in [-0.4, -0.2) is 30.6 Å². The Morgan fingerprint density at radius 3 is 2.95 bits per heavy atom. The Kier molecular flexibility index (Phi) is 5.99. The molecule has 1 atom stereocenters. The van der Waals surface area contributed by atoms with Gasteiger partial charge in [0.25, 0.3) is 0 Å². The predicted molar refractivity (Wildman–Crippen MR) is 87.1 cm³/mol. The van der Waals surface area contributed by atoms with Crippen LogP contribution in [0.4, 0.5) is 5.69 Å². The van der Waals surface area contributed by atoms with E-state index >= 15 is 0 Å². The van der Waals surface area contributed by atoms with E-state index in [4.69, 9.17) is 11.6 Å². The van der Waals surface area contributed by atoms with Crippen LogP contribution in [0.5, 0.6) is 0 Å². The molecule has 0 radical (unpaired) electrons. The second-order valence-corrected chi connectivity index (χ2v) is 6.53. The average Bonchev–Trinajstić information content (AvgIpc) is 2.59. The molecule has 0 aliphatic carbocycles. The van der Waals surface area contributed by atoms with E-state index in [-0.39, 0.29) is 0 Å². The van der Waals surface area contributed by atoms with Crippen molar-refractivity contribution < 1.29 is 0 Å². The van der Waals surface area contributed by atoms with Crippen LogP contribution < -0.4 is 5.32 Å². The fraction of sp³-hybridized carbons (Fsp3) is 0.600. The average molecular weight is 346 g/mol. The third-order valence-corrected chi connectivity index (χ3v) is 4.54. The Hall–Kier alpha value is -0.250. The van der Waals surface area contributed by atoms with Gasteiger partial charge in [-0.3, -0.25) is 0 Å². The molecule has 1 aromatic rings. The minimum Gasteiger partial charge on any atom is -0.381 e. The van der Waals surface area contributed by atoms with Crippen LogP contribution in [0.1, 0.15) is 32.6 Å². The summed E-state index contributed by atoms with van der Waals surface area (Å²) in [5.74, 6) is 0. The smallest absolute Gasteiger partial charge is 0.0487 e. The van der Waals surface area contributed by atoms with Crippen molar-refractivity contribution in [3.63, 3.8) is 0 Å². The molecule has 1 aromatic carbocycles. The monoisotopic (exact) mass is 344 g/mol. The summed E-state index contributed by atoms with van der Waals surface area (Å²) >= 11 is 9.55. The number of benzene rings is 1. The first-order valence-corrected chi connectivity index (χ1v) is 8.30. The van der Waals surface area contributed by atoms with Gasteiger partial charge in [0.1, 0.15) is 0 Å². The number of likely N-dealkylation sites (tertiary alicyclic amines) is 1. The molecule has 0 aromatic heterocycles. The lowest BCUT2D eigenvalue weighted by Gasteiger charge is -2.20. The molecule has 0 saturated carbocycles. The molecule has 0 spiro atoms. The van der Waals surface area contributed by atoms with E-state index in [2.05, 4.69) is 39.1 Å². The van der Waals surface area contributed by atoms with Crippen LogP contribution in [-0.2, 0) is 0 Å². The molecule has 2 rings (SSSR count). The normalized spacial score (nSPS) is 21.1. The van der Waals surface area contributed by atoms with E-state index in [0.717, 1.165) is 15.2 Å². The highest BCUT2D eigenvalue weighted by Crippen LogP contribution is 2.28. The maximum Gasteiger partial charge on any atom is 0.0487 e. The van der Waals surface area contributed by atoms with Gasteiger partial charge in [0, 0.05) is 27.8 Å². The van der Waals surface area contributed by atoms with Gasteiger partial charge in [-0.1, -0.05) is 18.5 Å². The predicted octanol–water partition coefficient (Wildman–Crippen LogP) is 4.78. The largest absolute Gasteiger partial charge is 0.381 e. The lowest BCUT2D eigenvalue weighted by Crippen LogP contribution is -2.27.